The van der Waals surface area contributed by atoms with Gasteiger partial charge in [0.05, 0.1) is 6.54 Å². The van der Waals surface area contributed by atoms with Crippen LogP contribution in [0.4, 0.5) is 0 Å². The predicted octanol–water partition coefficient (Wildman–Crippen LogP) is 3.28. The number of imidazole rings is 1. The molecule has 2 aromatic carbocycles. The van der Waals surface area contributed by atoms with E-state index in [2.05, 4.69) is 39.6 Å². The topological polar surface area (TPSA) is 49.9 Å². The van der Waals surface area contributed by atoms with Gasteiger partial charge in [-0.05, 0) is 23.3 Å². The molecule has 4 nitrogen and oxygen atoms in total. The Morgan fingerprint density at radius 3 is 2.41 bits per heavy atom. The van der Waals surface area contributed by atoms with Crippen molar-refractivity contribution >= 4 is 0 Å². The van der Waals surface area contributed by atoms with Crippen LogP contribution >= 0.6 is 0 Å². The molecule has 112 valence electrons. The number of aromatic nitrogens is 2. The van der Waals surface area contributed by atoms with E-state index >= 15 is 0 Å². The lowest BCUT2D eigenvalue weighted by atomic mass is 10.1. The number of benzene rings is 2. The molecule has 0 atom stereocenters. The summed E-state index contributed by atoms with van der Waals surface area (Å²) in [5.74, 6) is 1.85. The van der Waals surface area contributed by atoms with E-state index < -0.39 is 0 Å². The highest BCUT2D eigenvalue weighted by Crippen LogP contribution is 2.12. The summed E-state index contributed by atoms with van der Waals surface area (Å²) in [6.07, 6.45) is 3.59. The molecule has 3 aromatic rings. The quantitative estimate of drug-likeness (QED) is 0.703. The first-order valence-corrected chi connectivity index (χ1v) is 7.35. The molecular weight excluding hydrogens is 274 g/mol. The Balaban J connectivity index is 1.45. The predicted molar refractivity (Wildman–Crippen MR) is 86.3 cm³/mol. The van der Waals surface area contributed by atoms with Gasteiger partial charge in [0.15, 0.2) is 0 Å². The Morgan fingerprint density at radius 2 is 1.68 bits per heavy atom. The lowest BCUT2D eigenvalue weighted by Crippen LogP contribution is -2.13. The van der Waals surface area contributed by atoms with Gasteiger partial charge in [-0.25, -0.2) is 4.98 Å². The third kappa shape index (κ3) is 4.20. The fraction of sp³-hybridized carbons (Fsp3) is 0.167. The van der Waals surface area contributed by atoms with Crippen LogP contribution in [0.1, 0.15) is 17.0 Å². The van der Waals surface area contributed by atoms with Crippen LogP contribution in [0.25, 0.3) is 0 Å². The molecule has 0 aliphatic carbocycles. The molecule has 0 saturated heterocycles. The molecule has 0 amide bonds. The Labute approximate surface area is 130 Å². The Bertz CT molecular complexity index is 663. The molecule has 3 rings (SSSR count). The van der Waals surface area contributed by atoms with Crippen molar-refractivity contribution in [2.75, 3.05) is 0 Å². The minimum Gasteiger partial charge on any atom is -0.489 e. The molecule has 0 radical (unpaired) electrons. The standard InChI is InChI=1S/C18H19N3O/c1-2-4-17(5-3-1)22-14-16-8-6-15(7-9-16)12-19-13-18-20-10-11-21-18/h1-11,19H,12-14H2,(H,20,21). The molecule has 22 heavy (non-hydrogen) atoms. The van der Waals surface area contributed by atoms with Crippen molar-refractivity contribution in [3.63, 3.8) is 0 Å². The number of rotatable bonds is 7. The SMILES string of the molecule is c1ccc(OCc2ccc(CNCc3ncc[nH]3)cc2)cc1. The van der Waals surface area contributed by atoms with Crippen molar-refractivity contribution < 1.29 is 4.74 Å². The fourth-order valence-corrected chi connectivity index (χ4v) is 2.16. The first-order chi connectivity index (χ1) is 10.9. The van der Waals surface area contributed by atoms with Crippen LogP contribution in [0.15, 0.2) is 67.0 Å². The van der Waals surface area contributed by atoms with E-state index in [1.54, 1.807) is 6.20 Å². The molecule has 0 spiro atoms. The van der Waals surface area contributed by atoms with Crippen LogP contribution in [0.5, 0.6) is 5.75 Å². The molecular formula is C18H19N3O. The van der Waals surface area contributed by atoms with Crippen molar-refractivity contribution in [2.24, 2.45) is 0 Å². The Kier molecular flexibility index (Phi) is 4.85. The number of hydrogen-bond acceptors (Lipinski definition) is 3. The zero-order valence-electron chi connectivity index (χ0n) is 12.3. The number of aromatic amines is 1. The maximum absolute atomic E-state index is 5.73. The monoisotopic (exact) mass is 293 g/mol. The smallest absolute Gasteiger partial charge is 0.120 e. The van der Waals surface area contributed by atoms with Crippen LogP contribution in [-0.4, -0.2) is 9.97 Å². The summed E-state index contributed by atoms with van der Waals surface area (Å²) >= 11 is 0. The number of nitrogens with one attached hydrogen (secondary N) is 2. The van der Waals surface area contributed by atoms with E-state index in [1.807, 2.05) is 36.5 Å². The summed E-state index contributed by atoms with van der Waals surface area (Å²) in [5, 5.41) is 3.36. The zero-order valence-corrected chi connectivity index (χ0v) is 12.3. The largest absolute Gasteiger partial charge is 0.489 e. The van der Waals surface area contributed by atoms with Gasteiger partial charge in [0.2, 0.25) is 0 Å². The number of ether oxygens (including phenoxy) is 1. The minimum absolute atomic E-state index is 0.587. The van der Waals surface area contributed by atoms with Gasteiger partial charge in [-0.3, -0.25) is 0 Å². The second-order valence-corrected chi connectivity index (χ2v) is 5.06. The molecule has 1 aromatic heterocycles. The second-order valence-electron chi connectivity index (χ2n) is 5.06. The van der Waals surface area contributed by atoms with E-state index in [0.29, 0.717) is 6.61 Å². The summed E-state index contributed by atoms with van der Waals surface area (Å²) in [6, 6.07) is 18.3. The average molecular weight is 293 g/mol. The molecule has 0 fully saturated rings. The molecule has 0 bridgehead atoms. The zero-order chi connectivity index (χ0) is 15.0. The van der Waals surface area contributed by atoms with Gasteiger partial charge in [-0.2, -0.15) is 0 Å². The average Bonchev–Trinajstić information content (AvgIpc) is 3.08. The van der Waals surface area contributed by atoms with Crippen LogP contribution in [0, 0.1) is 0 Å². The van der Waals surface area contributed by atoms with Gasteiger partial charge in [0.1, 0.15) is 18.2 Å². The van der Waals surface area contributed by atoms with Gasteiger partial charge >= 0.3 is 0 Å². The molecule has 0 unspecified atom stereocenters. The Hall–Kier alpha value is -2.59. The highest BCUT2D eigenvalue weighted by Gasteiger charge is 1.98. The van der Waals surface area contributed by atoms with Crippen molar-refractivity contribution in [1.82, 2.24) is 15.3 Å². The molecule has 0 aliphatic heterocycles. The van der Waals surface area contributed by atoms with Crippen molar-refractivity contribution in [3.05, 3.63) is 83.9 Å². The van der Waals surface area contributed by atoms with Crippen LogP contribution in [0.3, 0.4) is 0 Å². The summed E-state index contributed by atoms with van der Waals surface area (Å²) in [7, 11) is 0. The fourth-order valence-electron chi connectivity index (χ4n) is 2.16. The van der Waals surface area contributed by atoms with Gasteiger partial charge in [0, 0.05) is 18.9 Å². The van der Waals surface area contributed by atoms with Crippen LogP contribution in [0.2, 0.25) is 0 Å². The molecule has 1 heterocycles. The summed E-state index contributed by atoms with van der Waals surface area (Å²) in [5.41, 5.74) is 2.41. The highest BCUT2D eigenvalue weighted by molar-refractivity contribution is 5.24. The lowest BCUT2D eigenvalue weighted by Gasteiger charge is -2.07. The van der Waals surface area contributed by atoms with Gasteiger partial charge in [0.25, 0.3) is 0 Å². The summed E-state index contributed by atoms with van der Waals surface area (Å²) < 4.78 is 5.73. The third-order valence-corrected chi connectivity index (χ3v) is 3.35. The van der Waals surface area contributed by atoms with Crippen molar-refractivity contribution in [1.29, 1.82) is 0 Å². The number of hydrogen-bond donors (Lipinski definition) is 2. The van der Waals surface area contributed by atoms with Crippen LogP contribution < -0.4 is 10.1 Å². The molecule has 0 saturated carbocycles. The minimum atomic E-state index is 0.587. The van der Waals surface area contributed by atoms with Crippen molar-refractivity contribution in [2.45, 2.75) is 19.7 Å². The number of para-hydroxylation sites is 1. The first-order valence-electron chi connectivity index (χ1n) is 7.35. The molecule has 2 N–H and O–H groups in total. The Morgan fingerprint density at radius 1 is 0.909 bits per heavy atom. The first kappa shape index (κ1) is 14.4. The molecule has 0 aliphatic rings. The van der Waals surface area contributed by atoms with E-state index in [4.69, 9.17) is 4.74 Å². The maximum Gasteiger partial charge on any atom is 0.120 e. The summed E-state index contributed by atoms with van der Waals surface area (Å²) in [6.45, 7) is 2.15. The number of nitrogens with zero attached hydrogens (tertiary/aromatic N) is 1. The molecule has 4 heteroatoms. The van der Waals surface area contributed by atoms with Gasteiger partial charge in [-0.1, -0.05) is 42.5 Å². The van der Waals surface area contributed by atoms with E-state index in [-0.39, 0.29) is 0 Å². The lowest BCUT2D eigenvalue weighted by molar-refractivity contribution is 0.306. The van der Waals surface area contributed by atoms with Crippen molar-refractivity contribution in [3.8, 4) is 5.75 Å². The van der Waals surface area contributed by atoms with E-state index in [9.17, 15) is 0 Å². The summed E-state index contributed by atoms with van der Waals surface area (Å²) in [4.78, 5) is 7.25. The second kappa shape index (κ2) is 7.43. The third-order valence-electron chi connectivity index (χ3n) is 3.35. The highest BCUT2D eigenvalue weighted by atomic mass is 16.5. The normalized spacial score (nSPS) is 10.5. The maximum atomic E-state index is 5.73. The van der Waals surface area contributed by atoms with E-state index in [1.165, 1.54) is 11.1 Å². The number of H-pyrrole nitrogens is 1. The van der Waals surface area contributed by atoms with E-state index in [0.717, 1.165) is 24.7 Å². The van der Waals surface area contributed by atoms with Gasteiger partial charge in [-0.15, -0.1) is 0 Å². The van der Waals surface area contributed by atoms with Gasteiger partial charge < -0.3 is 15.0 Å². The van der Waals surface area contributed by atoms with Crippen LogP contribution in [-0.2, 0) is 19.7 Å².